The molecule has 2 amide bonds. The fraction of sp³-hybridized carbons (Fsp3) is 0.179. The van der Waals surface area contributed by atoms with Crippen LogP contribution in [0.25, 0.3) is 16.9 Å². The number of ether oxygens (including phenoxy) is 1. The third kappa shape index (κ3) is 5.58. The minimum Gasteiger partial charge on any atom is -0.497 e. The number of hydrogen-bond acceptors (Lipinski definition) is 4. The Morgan fingerprint density at radius 1 is 0.943 bits per heavy atom. The zero-order chi connectivity index (χ0) is 24.8. The highest BCUT2D eigenvalue weighted by atomic mass is 16.5. The molecule has 0 aliphatic rings. The van der Waals surface area contributed by atoms with Crippen LogP contribution in [0.3, 0.4) is 0 Å². The van der Waals surface area contributed by atoms with Gasteiger partial charge in [-0.05, 0) is 50.2 Å². The zero-order valence-corrected chi connectivity index (χ0v) is 20.0. The van der Waals surface area contributed by atoms with Crippen LogP contribution in [-0.4, -0.2) is 46.2 Å². The average Bonchev–Trinajstić information content (AvgIpc) is 3.31. The summed E-state index contributed by atoms with van der Waals surface area (Å²) in [5.41, 5.74) is 2.96. The Morgan fingerprint density at radius 2 is 1.57 bits per heavy atom. The fourth-order valence-electron chi connectivity index (χ4n) is 3.71. The van der Waals surface area contributed by atoms with Gasteiger partial charge in [0.15, 0.2) is 0 Å². The summed E-state index contributed by atoms with van der Waals surface area (Å²) in [6.07, 6.45) is 0. The van der Waals surface area contributed by atoms with E-state index in [-0.39, 0.29) is 24.4 Å². The lowest BCUT2D eigenvalue weighted by Crippen LogP contribution is -2.42. The Bertz CT molecular complexity index is 1280. The molecular formula is C28H28N4O3. The molecule has 178 valence electrons. The molecule has 1 heterocycles. The molecule has 0 spiro atoms. The van der Waals surface area contributed by atoms with Gasteiger partial charge in [-0.1, -0.05) is 48.5 Å². The maximum absolute atomic E-state index is 13.1. The maximum atomic E-state index is 13.1. The van der Waals surface area contributed by atoms with Crippen molar-refractivity contribution in [3.05, 3.63) is 96.6 Å². The molecule has 0 radical (unpaired) electrons. The third-order valence-corrected chi connectivity index (χ3v) is 5.58. The van der Waals surface area contributed by atoms with Gasteiger partial charge in [0, 0.05) is 23.2 Å². The Balaban J connectivity index is 1.61. The first-order valence-corrected chi connectivity index (χ1v) is 11.4. The molecule has 7 nitrogen and oxygen atoms in total. The molecule has 35 heavy (non-hydrogen) atoms. The number of methoxy groups -OCH3 is 1. The number of carbonyl (C=O) groups is 2. The van der Waals surface area contributed by atoms with Crippen molar-refractivity contribution in [1.82, 2.24) is 14.7 Å². The molecule has 1 N–H and O–H groups in total. The van der Waals surface area contributed by atoms with Crippen molar-refractivity contribution in [3.63, 3.8) is 0 Å². The third-order valence-electron chi connectivity index (χ3n) is 5.58. The fourth-order valence-corrected chi connectivity index (χ4v) is 3.71. The largest absolute Gasteiger partial charge is 0.497 e. The molecule has 1 aromatic heterocycles. The first-order chi connectivity index (χ1) is 17.0. The summed E-state index contributed by atoms with van der Waals surface area (Å²) in [7, 11) is 1.61. The normalized spacial score (nSPS) is 10.7. The van der Waals surface area contributed by atoms with Crippen LogP contribution < -0.4 is 10.1 Å². The van der Waals surface area contributed by atoms with Crippen molar-refractivity contribution in [2.75, 3.05) is 19.0 Å². The van der Waals surface area contributed by atoms with Gasteiger partial charge >= 0.3 is 0 Å². The average molecular weight is 469 g/mol. The predicted octanol–water partition coefficient (Wildman–Crippen LogP) is 5.04. The molecule has 4 aromatic rings. The molecule has 0 saturated heterocycles. The van der Waals surface area contributed by atoms with E-state index < -0.39 is 0 Å². The molecule has 0 saturated carbocycles. The minimum absolute atomic E-state index is 0.0835. The van der Waals surface area contributed by atoms with Gasteiger partial charge in [0.05, 0.1) is 18.5 Å². The van der Waals surface area contributed by atoms with E-state index in [1.165, 1.54) is 0 Å². The summed E-state index contributed by atoms with van der Waals surface area (Å²) in [5, 5.41) is 7.69. The molecule has 0 atom stereocenters. The molecule has 3 aromatic carbocycles. The van der Waals surface area contributed by atoms with Crippen molar-refractivity contribution >= 4 is 17.6 Å². The number of carbonyl (C=O) groups excluding carboxylic acids is 2. The molecule has 4 rings (SSSR count). The number of hydrogen-bond donors (Lipinski definition) is 1. The number of benzene rings is 3. The summed E-state index contributed by atoms with van der Waals surface area (Å²) in [4.78, 5) is 27.7. The van der Waals surface area contributed by atoms with Crippen molar-refractivity contribution < 1.29 is 14.3 Å². The summed E-state index contributed by atoms with van der Waals surface area (Å²) < 4.78 is 6.94. The van der Waals surface area contributed by atoms with E-state index in [0.29, 0.717) is 11.4 Å². The Hall–Kier alpha value is -4.39. The number of aromatic nitrogens is 2. The van der Waals surface area contributed by atoms with Crippen molar-refractivity contribution in [2.24, 2.45) is 0 Å². The van der Waals surface area contributed by atoms with Gasteiger partial charge in [-0.15, -0.1) is 0 Å². The highest BCUT2D eigenvalue weighted by Crippen LogP contribution is 2.26. The highest BCUT2D eigenvalue weighted by molar-refractivity contribution is 5.99. The standard InChI is InChI=1S/C28H28N4O3/c1-20(2)31(28(34)22-12-8-5-9-13-22)19-27(33)29-26-18-25(21-10-6-4-7-11-21)30-32(26)23-14-16-24(35-3)17-15-23/h4-18,20H,19H2,1-3H3,(H,29,33). The smallest absolute Gasteiger partial charge is 0.254 e. The lowest BCUT2D eigenvalue weighted by Gasteiger charge is -2.26. The highest BCUT2D eigenvalue weighted by Gasteiger charge is 2.22. The summed E-state index contributed by atoms with van der Waals surface area (Å²) in [6, 6.07) is 27.8. The number of rotatable bonds is 8. The molecule has 0 aliphatic heterocycles. The maximum Gasteiger partial charge on any atom is 0.254 e. The van der Waals surface area contributed by atoms with E-state index in [4.69, 9.17) is 9.84 Å². The summed E-state index contributed by atoms with van der Waals surface area (Å²) in [5.74, 6) is 0.735. The van der Waals surface area contributed by atoms with Crippen molar-refractivity contribution in [3.8, 4) is 22.7 Å². The van der Waals surface area contributed by atoms with E-state index in [0.717, 1.165) is 22.7 Å². The van der Waals surface area contributed by atoms with Gasteiger partial charge in [0.1, 0.15) is 18.1 Å². The van der Waals surface area contributed by atoms with Crippen LogP contribution in [0.4, 0.5) is 5.82 Å². The number of amides is 2. The van der Waals surface area contributed by atoms with E-state index in [1.807, 2.05) is 92.7 Å². The van der Waals surface area contributed by atoms with Crippen molar-refractivity contribution in [2.45, 2.75) is 19.9 Å². The predicted molar refractivity (Wildman–Crippen MR) is 137 cm³/mol. The summed E-state index contributed by atoms with van der Waals surface area (Å²) >= 11 is 0. The van der Waals surface area contributed by atoms with Crippen LogP contribution in [0.5, 0.6) is 5.75 Å². The van der Waals surface area contributed by atoms with Crippen LogP contribution >= 0.6 is 0 Å². The van der Waals surface area contributed by atoms with E-state index >= 15 is 0 Å². The second-order valence-corrected chi connectivity index (χ2v) is 8.33. The topological polar surface area (TPSA) is 76.5 Å². The van der Waals surface area contributed by atoms with Gasteiger partial charge in [-0.25, -0.2) is 4.68 Å². The Kier molecular flexibility index (Phi) is 7.26. The Labute approximate surface area is 205 Å². The molecule has 0 bridgehead atoms. The van der Waals surface area contributed by atoms with E-state index in [2.05, 4.69) is 5.32 Å². The minimum atomic E-state index is -0.308. The number of nitrogens with zero attached hydrogens (tertiary/aromatic N) is 3. The molecule has 0 unspecified atom stereocenters. The van der Waals surface area contributed by atoms with Crippen LogP contribution in [0, 0.1) is 0 Å². The van der Waals surface area contributed by atoms with Gasteiger partial charge in [0.25, 0.3) is 5.91 Å². The molecule has 7 heteroatoms. The molecular weight excluding hydrogens is 440 g/mol. The first-order valence-electron chi connectivity index (χ1n) is 11.4. The van der Waals surface area contributed by atoms with Crippen molar-refractivity contribution in [1.29, 1.82) is 0 Å². The number of anilines is 1. The Morgan fingerprint density at radius 3 is 2.17 bits per heavy atom. The van der Waals surface area contributed by atoms with Gasteiger partial charge in [-0.3, -0.25) is 9.59 Å². The second kappa shape index (κ2) is 10.7. The van der Waals surface area contributed by atoms with E-state index in [9.17, 15) is 9.59 Å². The molecule has 0 aliphatic carbocycles. The quantitative estimate of drug-likeness (QED) is 0.393. The first kappa shape index (κ1) is 23.8. The van der Waals surface area contributed by atoms with Gasteiger partial charge in [0.2, 0.25) is 5.91 Å². The molecule has 0 fully saturated rings. The SMILES string of the molecule is COc1ccc(-n2nc(-c3ccccc3)cc2NC(=O)CN(C(=O)c2ccccc2)C(C)C)cc1. The monoisotopic (exact) mass is 468 g/mol. The van der Waals surface area contributed by atoms with Crippen LogP contribution in [0.1, 0.15) is 24.2 Å². The number of nitrogens with one attached hydrogen (secondary N) is 1. The van der Waals surface area contributed by atoms with Gasteiger partial charge in [-0.2, -0.15) is 5.10 Å². The lowest BCUT2D eigenvalue weighted by molar-refractivity contribution is -0.117. The summed E-state index contributed by atoms with van der Waals surface area (Å²) in [6.45, 7) is 3.70. The van der Waals surface area contributed by atoms with Crippen LogP contribution in [-0.2, 0) is 4.79 Å². The van der Waals surface area contributed by atoms with E-state index in [1.54, 1.807) is 28.8 Å². The van der Waals surface area contributed by atoms with Gasteiger partial charge < -0.3 is 15.0 Å². The van der Waals surface area contributed by atoms with Crippen LogP contribution in [0.2, 0.25) is 0 Å². The van der Waals surface area contributed by atoms with Crippen LogP contribution in [0.15, 0.2) is 91.0 Å². The lowest BCUT2D eigenvalue weighted by atomic mass is 10.1. The second-order valence-electron chi connectivity index (χ2n) is 8.33. The zero-order valence-electron chi connectivity index (χ0n) is 20.0.